The Morgan fingerprint density at radius 1 is 0.778 bits per heavy atom. The lowest BCUT2D eigenvalue weighted by Crippen LogP contribution is -2.12. The van der Waals surface area contributed by atoms with Crippen molar-refractivity contribution in [1.82, 2.24) is 0 Å². The van der Waals surface area contributed by atoms with Gasteiger partial charge in [0.2, 0.25) is 5.91 Å². The van der Waals surface area contributed by atoms with Crippen LogP contribution in [-0.4, -0.2) is 19.1 Å². The van der Waals surface area contributed by atoms with Gasteiger partial charge in [-0.15, -0.1) is 0 Å². The predicted molar refractivity (Wildman–Crippen MR) is 108 cm³/mol. The van der Waals surface area contributed by atoms with Gasteiger partial charge in [0.25, 0.3) is 0 Å². The van der Waals surface area contributed by atoms with E-state index in [2.05, 4.69) is 5.32 Å². The first-order valence-electron chi connectivity index (χ1n) is 8.75. The summed E-state index contributed by atoms with van der Waals surface area (Å²) in [5.74, 6) is 1.19. The maximum atomic E-state index is 12.2. The maximum Gasteiger partial charge on any atom is 0.248 e. The fourth-order valence-corrected chi connectivity index (χ4v) is 2.43. The number of para-hydroxylation sites is 3. The number of hydrogen-bond donors (Lipinski definition) is 1. The maximum absolute atomic E-state index is 12.2. The summed E-state index contributed by atoms with van der Waals surface area (Å²) < 4.78 is 11.4. The Hall–Kier alpha value is -3.53. The van der Waals surface area contributed by atoms with Crippen molar-refractivity contribution in [3.8, 4) is 11.5 Å². The van der Waals surface area contributed by atoms with E-state index in [1.54, 1.807) is 6.08 Å². The van der Waals surface area contributed by atoms with Gasteiger partial charge in [-0.2, -0.15) is 0 Å². The standard InChI is InChI=1S/C23H21NO3/c25-23(16-15-19-9-3-1-4-10-19)24-21-13-7-8-14-22(21)27-18-17-26-20-11-5-2-6-12-20/h1-16H,17-18H2,(H,24,25)/b16-15+. The van der Waals surface area contributed by atoms with Crippen molar-refractivity contribution in [3.63, 3.8) is 0 Å². The zero-order valence-electron chi connectivity index (χ0n) is 14.9. The van der Waals surface area contributed by atoms with E-state index in [0.29, 0.717) is 24.7 Å². The summed E-state index contributed by atoms with van der Waals surface area (Å²) in [6.07, 6.45) is 3.27. The van der Waals surface area contributed by atoms with Crippen LogP contribution in [0.1, 0.15) is 5.56 Å². The lowest BCUT2D eigenvalue weighted by Gasteiger charge is -2.12. The van der Waals surface area contributed by atoms with Crippen LogP contribution in [0.2, 0.25) is 0 Å². The molecule has 0 heterocycles. The van der Waals surface area contributed by atoms with Gasteiger partial charge in [-0.1, -0.05) is 60.7 Å². The highest BCUT2D eigenvalue weighted by Gasteiger charge is 2.05. The van der Waals surface area contributed by atoms with Crippen LogP contribution in [0.3, 0.4) is 0 Å². The van der Waals surface area contributed by atoms with Gasteiger partial charge in [0.1, 0.15) is 24.7 Å². The first-order chi connectivity index (χ1) is 13.3. The molecule has 0 fully saturated rings. The number of anilines is 1. The zero-order chi connectivity index (χ0) is 18.7. The molecule has 0 aromatic heterocycles. The summed E-state index contributed by atoms with van der Waals surface area (Å²) in [5.41, 5.74) is 1.59. The van der Waals surface area contributed by atoms with Crippen LogP contribution in [0.4, 0.5) is 5.69 Å². The third-order valence-electron chi connectivity index (χ3n) is 3.72. The van der Waals surface area contributed by atoms with Crippen molar-refractivity contribution in [2.75, 3.05) is 18.5 Å². The van der Waals surface area contributed by atoms with Gasteiger partial charge in [-0.25, -0.2) is 0 Å². The molecule has 4 heteroatoms. The number of rotatable bonds is 8. The van der Waals surface area contributed by atoms with Crippen molar-refractivity contribution >= 4 is 17.7 Å². The zero-order valence-corrected chi connectivity index (χ0v) is 14.9. The van der Waals surface area contributed by atoms with E-state index < -0.39 is 0 Å². The highest BCUT2D eigenvalue weighted by Crippen LogP contribution is 2.23. The molecule has 4 nitrogen and oxygen atoms in total. The van der Waals surface area contributed by atoms with Crippen LogP contribution >= 0.6 is 0 Å². The second-order valence-corrected chi connectivity index (χ2v) is 5.74. The number of amides is 1. The fraction of sp³-hybridized carbons (Fsp3) is 0.0870. The second-order valence-electron chi connectivity index (χ2n) is 5.74. The highest BCUT2D eigenvalue weighted by molar-refractivity contribution is 6.02. The van der Waals surface area contributed by atoms with Crippen LogP contribution < -0.4 is 14.8 Å². The third kappa shape index (κ3) is 6.04. The van der Waals surface area contributed by atoms with Gasteiger partial charge in [0.15, 0.2) is 0 Å². The van der Waals surface area contributed by atoms with Gasteiger partial charge in [0, 0.05) is 6.08 Å². The van der Waals surface area contributed by atoms with E-state index in [0.717, 1.165) is 11.3 Å². The molecule has 0 spiro atoms. The van der Waals surface area contributed by atoms with Crippen molar-refractivity contribution in [3.05, 3.63) is 96.6 Å². The summed E-state index contributed by atoms with van der Waals surface area (Å²) in [5, 5.41) is 2.85. The lowest BCUT2D eigenvalue weighted by molar-refractivity contribution is -0.111. The molecule has 3 aromatic carbocycles. The molecule has 136 valence electrons. The summed E-state index contributed by atoms with van der Waals surface area (Å²) in [6.45, 7) is 0.793. The van der Waals surface area contributed by atoms with E-state index in [1.807, 2.05) is 84.9 Å². The van der Waals surface area contributed by atoms with Gasteiger partial charge in [-0.3, -0.25) is 4.79 Å². The third-order valence-corrected chi connectivity index (χ3v) is 3.72. The van der Waals surface area contributed by atoms with E-state index >= 15 is 0 Å². The molecule has 3 rings (SSSR count). The van der Waals surface area contributed by atoms with E-state index in [-0.39, 0.29) is 5.91 Å². The minimum absolute atomic E-state index is 0.213. The molecule has 3 aromatic rings. The molecule has 1 N–H and O–H groups in total. The van der Waals surface area contributed by atoms with Crippen molar-refractivity contribution in [1.29, 1.82) is 0 Å². The first kappa shape index (κ1) is 18.3. The van der Waals surface area contributed by atoms with Gasteiger partial charge in [0.05, 0.1) is 5.69 Å². The molecule has 0 bridgehead atoms. The first-order valence-corrected chi connectivity index (χ1v) is 8.75. The van der Waals surface area contributed by atoms with E-state index in [9.17, 15) is 4.79 Å². The average Bonchev–Trinajstić information content (AvgIpc) is 2.72. The summed E-state index contributed by atoms with van der Waals surface area (Å²) in [7, 11) is 0. The van der Waals surface area contributed by atoms with Gasteiger partial charge >= 0.3 is 0 Å². The molecular weight excluding hydrogens is 338 g/mol. The number of carbonyl (C=O) groups is 1. The molecule has 0 saturated heterocycles. The Morgan fingerprint density at radius 2 is 1.41 bits per heavy atom. The molecule has 0 aliphatic rings. The molecule has 1 amide bonds. The molecule has 0 radical (unpaired) electrons. The minimum Gasteiger partial charge on any atom is -0.490 e. The average molecular weight is 359 g/mol. The van der Waals surface area contributed by atoms with Crippen molar-refractivity contribution in [2.24, 2.45) is 0 Å². The topological polar surface area (TPSA) is 47.6 Å². The number of hydrogen-bond acceptors (Lipinski definition) is 3. The smallest absolute Gasteiger partial charge is 0.248 e. The molecule has 0 unspecified atom stereocenters. The summed E-state index contributed by atoms with van der Waals surface area (Å²) in [4.78, 5) is 12.2. The predicted octanol–water partition coefficient (Wildman–Crippen LogP) is 4.80. The monoisotopic (exact) mass is 359 g/mol. The Bertz CT molecular complexity index is 876. The Balaban J connectivity index is 1.52. The second kappa shape index (κ2) is 9.82. The van der Waals surface area contributed by atoms with Crippen LogP contribution in [-0.2, 0) is 4.79 Å². The quantitative estimate of drug-likeness (QED) is 0.464. The normalized spacial score (nSPS) is 10.5. The molecule has 0 atom stereocenters. The van der Waals surface area contributed by atoms with Gasteiger partial charge < -0.3 is 14.8 Å². The van der Waals surface area contributed by atoms with Crippen LogP contribution in [0.5, 0.6) is 11.5 Å². The minimum atomic E-state index is -0.213. The summed E-state index contributed by atoms with van der Waals surface area (Å²) in [6, 6.07) is 26.6. The Morgan fingerprint density at radius 3 is 2.19 bits per heavy atom. The number of carbonyl (C=O) groups excluding carboxylic acids is 1. The van der Waals surface area contributed by atoms with Crippen molar-refractivity contribution < 1.29 is 14.3 Å². The fourth-order valence-electron chi connectivity index (χ4n) is 2.43. The SMILES string of the molecule is O=C(/C=C/c1ccccc1)Nc1ccccc1OCCOc1ccccc1. The molecule has 0 aliphatic heterocycles. The van der Waals surface area contributed by atoms with Crippen LogP contribution in [0, 0.1) is 0 Å². The van der Waals surface area contributed by atoms with Gasteiger partial charge in [-0.05, 0) is 35.9 Å². The van der Waals surface area contributed by atoms with Crippen molar-refractivity contribution in [2.45, 2.75) is 0 Å². The highest BCUT2D eigenvalue weighted by atomic mass is 16.5. The molecule has 27 heavy (non-hydrogen) atoms. The van der Waals surface area contributed by atoms with Crippen LogP contribution in [0.25, 0.3) is 6.08 Å². The molecule has 0 aliphatic carbocycles. The molecule has 0 saturated carbocycles. The largest absolute Gasteiger partial charge is 0.490 e. The Labute approximate surface area is 159 Å². The number of ether oxygens (including phenoxy) is 2. The lowest BCUT2D eigenvalue weighted by atomic mass is 10.2. The molecular formula is C23H21NO3. The number of benzene rings is 3. The van der Waals surface area contributed by atoms with Crippen LogP contribution in [0.15, 0.2) is 91.0 Å². The number of nitrogens with one attached hydrogen (secondary N) is 1. The van der Waals surface area contributed by atoms with E-state index in [4.69, 9.17) is 9.47 Å². The van der Waals surface area contributed by atoms with E-state index in [1.165, 1.54) is 6.08 Å². The Kier molecular flexibility index (Phi) is 6.65. The summed E-state index contributed by atoms with van der Waals surface area (Å²) >= 11 is 0.